The molecular weight excluding hydrogens is 274 g/mol. The van der Waals surface area contributed by atoms with E-state index >= 15 is 0 Å². The first-order chi connectivity index (χ1) is 8.34. The van der Waals surface area contributed by atoms with Gasteiger partial charge in [-0.3, -0.25) is 0 Å². The Bertz CT molecular complexity index is 538. The van der Waals surface area contributed by atoms with Crippen molar-refractivity contribution < 1.29 is 8.42 Å². The maximum Gasteiger partial charge on any atom is 0.263 e. The molecule has 1 fully saturated rings. The van der Waals surface area contributed by atoms with Crippen LogP contribution >= 0.6 is 11.6 Å². The molecule has 0 bridgehead atoms. The molecule has 0 N–H and O–H groups in total. The van der Waals surface area contributed by atoms with Gasteiger partial charge in [0.2, 0.25) is 5.03 Å². The van der Waals surface area contributed by atoms with E-state index in [9.17, 15) is 8.42 Å². The summed E-state index contributed by atoms with van der Waals surface area (Å²) in [5.41, 5.74) is 0. The van der Waals surface area contributed by atoms with E-state index in [-0.39, 0.29) is 10.2 Å². The van der Waals surface area contributed by atoms with E-state index in [0.717, 1.165) is 6.42 Å². The predicted octanol–water partition coefficient (Wildman–Crippen LogP) is 1.74. The monoisotopic (exact) mass is 291 g/mol. The molecule has 1 saturated heterocycles. The molecule has 0 aliphatic carbocycles. The van der Waals surface area contributed by atoms with Crippen molar-refractivity contribution in [1.29, 1.82) is 0 Å². The highest BCUT2D eigenvalue weighted by molar-refractivity contribution is 7.89. The van der Waals surface area contributed by atoms with Crippen LogP contribution in [0.4, 0.5) is 0 Å². The minimum absolute atomic E-state index is 0.0314. The largest absolute Gasteiger partial charge is 0.324 e. The maximum atomic E-state index is 12.4. The minimum Gasteiger partial charge on any atom is -0.324 e. The summed E-state index contributed by atoms with van der Waals surface area (Å²) in [6, 6.07) is 0. The molecule has 7 heteroatoms. The lowest BCUT2D eigenvalue weighted by Crippen LogP contribution is -2.30. The normalized spacial score (nSPS) is 21.9. The average Bonchev–Trinajstić information content (AvgIpc) is 2.88. The maximum absolute atomic E-state index is 12.4. The number of halogens is 1. The summed E-state index contributed by atoms with van der Waals surface area (Å²) in [5.74, 6) is 0.909. The molecule has 1 aliphatic heterocycles. The summed E-state index contributed by atoms with van der Waals surface area (Å²) < 4.78 is 27.8. The SMILES string of the molecule is CC(C)C1CCN(S(=O)(=O)c2ncn(C)c2Cl)C1. The number of sulfonamides is 1. The third-order valence-corrected chi connectivity index (χ3v) is 5.91. The van der Waals surface area contributed by atoms with Gasteiger partial charge in [-0.1, -0.05) is 25.4 Å². The van der Waals surface area contributed by atoms with Gasteiger partial charge in [-0.25, -0.2) is 13.4 Å². The Balaban J connectivity index is 2.26. The van der Waals surface area contributed by atoms with Crippen molar-refractivity contribution in [1.82, 2.24) is 13.9 Å². The van der Waals surface area contributed by atoms with Gasteiger partial charge in [-0.05, 0) is 18.3 Å². The second kappa shape index (κ2) is 4.83. The van der Waals surface area contributed by atoms with Crippen molar-refractivity contribution in [2.45, 2.75) is 25.3 Å². The third-order valence-electron chi connectivity index (χ3n) is 3.55. The van der Waals surface area contributed by atoms with Crippen molar-refractivity contribution in [2.75, 3.05) is 13.1 Å². The second-order valence-electron chi connectivity index (χ2n) is 5.11. The highest BCUT2D eigenvalue weighted by atomic mass is 35.5. The van der Waals surface area contributed by atoms with E-state index in [4.69, 9.17) is 11.6 Å². The molecule has 0 radical (unpaired) electrons. The Hall–Kier alpha value is -0.590. The predicted molar refractivity (Wildman–Crippen MR) is 69.9 cm³/mol. The van der Waals surface area contributed by atoms with E-state index in [1.807, 2.05) is 0 Å². The highest BCUT2D eigenvalue weighted by Gasteiger charge is 2.36. The zero-order valence-electron chi connectivity index (χ0n) is 10.8. The lowest BCUT2D eigenvalue weighted by molar-refractivity contribution is 0.388. The molecular formula is C11H18ClN3O2S. The summed E-state index contributed by atoms with van der Waals surface area (Å²) in [6.45, 7) is 5.36. The van der Waals surface area contributed by atoms with Crippen LogP contribution in [-0.2, 0) is 17.1 Å². The van der Waals surface area contributed by atoms with Crippen molar-refractivity contribution in [3.63, 3.8) is 0 Å². The lowest BCUT2D eigenvalue weighted by Gasteiger charge is -2.17. The average molecular weight is 292 g/mol. The molecule has 1 aromatic rings. The van der Waals surface area contributed by atoms with Crippen molar-refractivity contribution >= 4 is 21.6 Å². The Kier molecular flexibility index (Phi) is 3.71. The molecule has 2 heterocycles. The number of nitrogens with zero attached hydrogens (tertiary/aromatic N) is 3. The van der Waals surface area contributed by atoms with Crippen LogP contribution in [0.25, 0.3) is 0 Å². The molecule has 2 rings (SSSR count). The molecule has 102 valence electrons. The molecule has 0 spiro atoms. The Morgan fingerprint density at radius 2 is 2.17 bits per heavy atom. The Labute approximate surface area is 113 Å². The zero-order chi connectivity index (χ0) is 13.5. The van der Waals surface area contributed by atoms with Gasteiger partial charge in [0, 0.05) is 20.1 Å². The molecule has 0 saturated carbocycles. The van der Waals surface area contributed by atoms with Gasteiger partial charge in [0.25, 0.3) is 10.0 Å². The van der Waals surface area contributed by atoms with Crippen LogP contribution in [0.5, 0.6) is 0 Å². The molecule has 1 aromatic heterocycles. The van der Waals surface area contributed by atoms with Gasteiger partial charge < -0.3 is 4.57 Å². The van der Waals surface area contributed by atoms with Gasteiger partial charge in [0.05, 0.1) is 6.33 Å². The number of hydrogen-bond acceptors (Lipinski definition) is 3. The number of imidazole rings is 1. The number of rotatable bonds is 3. The van der Waals surface area contributed by atoms with Crippen LogP contribution in [0.15, 0.2) is 11.4 Å². The van der Waals surface area contributed by atoms with E-state index in [0.29, 0.717) is 24.9 Å². The van der Waals surface area contributed by atoms with Gasteiger partial charge >= 0.3 is 0 Å². The summed E-state index contributed by atoms with van der Waals surface area (Å²) in [6.07, 6.45) is 2.33. The van der Waals surface area contributed by atoms with Gasteiger partial charge in [-0.15, -0.1) is 0 Å². The third kappa shape index (κ3) is 2.29. The van der Waals surface area contributed by atoms with Crippen LogP contribution in [0, 0.1) is 11.8 Å². The van der Waals surface area contributed by atoms with Crippen molar-refractivity contribution in [3.8, 4) is 0 Å². The van der Waals surface area contributed by atoms with E-state index < -0.39 is 10.0 Å². The van der Waals surface area contributed by atoms with Crippen LogP contribution in [0.3, 0.4) is 0 Å². The molecule has 1 unspecified atom stereocenters. The Morgan fingerprint density at radius 1 is 1.50 bits per heavy atom. The zero-order valence-corrected chi connectivity index (χ0v) is 12.4. The summed E-state index contributed by atoms with van der Waals surface area (Å²) in [4.78, 5) is 3.90. The lowest BCUT2D eigenvalue weighted by atomic mass is 9.96. The van der Waals surface area contributed by atoms with Gasteiger partial charge in [0.1, 0.15) is 5.15 Å². The standard InChI is InChI=1S/C11H18ClN3O2S/c1-8(2)9-4-5-15(6-9)18(16,17)11-10(12)14(3)7-13-11/h7-9H,4-6H2,1-3H3. The first kappa shape index (κ1) is 13.8. The first-order valence-corrected chi connectivity index (χ1v) is 7.82. The van der Waals surface area contributed by atoms with Crippen LogP contribution in [0.1, 0.15) is 20.3 Å². The number of aryl methyl sites for hydroxylation is 1. The highest BCUT2D eigenvalue weighted by Crippen LogP contribution is 2.30. The van der Waals surface area contributed by atoms with Gasteiger partial charge in [-0.2, -0.15) is 4.31 Å². The molecule has 18 heavy (non-hydrogen) atoms. The molecule has 5 nitrogen and oxygen atoms in total. The van der Waals surface area contributed by atoms with Crippen molar-refractivity contribution in [3.05, 3.63) is 11.5 Å². The topological polar surface area (TPSA) is 55.2 Å². The summed E-state index contributed by atoms with van der Waals surface area (Å²) in [5, 5.41) is 0.138. The number of aromatic nitrogens is 2. The van der Waals surface area contributed by atoms with Crippen LogP contribution in [0.2, 0.25) is 5.15 Å². The van der Waals surface area contributed by atoms with Crippen molar-refractivity contribution in [2.24, 2.45) is 18.9 Å². The quantitative estimate of drug-likeness (QED) is 0.852. The molecule has 1 atom stereocenters. The first-order valence-electron chi connectivity index (χ1n) is 6.01. The molecule has 1 aliphatic rings. The Morgan fingerprint density at radius 3 is 2.61 bits per heavy atom. The van der Waals surface area contributed by atoms with Gasteiger partial charge in [0.15, 0.2) is 0 Å². The number of hydrogen-bond donors (Lipinski definition) is 0. The van der Waals surface area contributed by atoms with E-state index in [2.05, 4.69) is 18.8 Å². The fraction of sp³-hybridized carbons (Fsp3) is 0.727. The molecule has 0 aromatic carbocycles. The fourth-order valence-corrected chi connectivity index (χ4v) is 4.11. The minimum atomic E-state index is -3.55. The van der Waals surface area contributed by atoms with Crippen LogP contribution < -0.4 is 0 Å². The fourth-order valence-electron chi connectivity index (χ4n) is 2.21. The smallest absolute Gasteiger partial charge is 0.263 e. The summed E-state index contributed by atoms with van der Waals surface area (Å²) >= 11 is 5.97. The van der Waals surface area contributed by atoms with E-state index in [1.165, 1.54) is 15.2 Å². The van der Waals surface area contributed by atoms with Crippen LogP contribution in [-0.4, -0.2) is 35.4 Å². The summed E-state index contributed by atoms with van der Waals surface area (Å²) in [7, 11) is -1.87. The molecule has 0 amide bonds. The van der Waals surface area contributed by atoms with E-state index in [1.54, 1.807) is 7.05 Å². The second-order valence-corrected chi connectivity index (χ2v) is 7.32.